The zero-order valence-electron chi connectivity index (χ0n) is 15.6. The van der Waals surface area contributed by atoms with Crippen molar-refractivity contribution < 1.29 is 23.6 Å². The molecule has 0 N–H and O–H groups in total. The minimum Gasteiger partial charge on any atom is -0.492 e. The van der Waals surface area contributed by atoms with Gasteiger partial charge in [0.1, 0.15) is 5.75 Å². The molecule has 0 bridgehead atoms. The third-order valence-electron chi connectivity index (χ3n) is 4.57. The molecule has 0 saturated carbocycles. The molecule has 1 aliphatic rings. The zero-order valence-corrected chi connectivity index (χ0v) is 16.3. The van der Waals surface area contributed by atoms with Gasteiger partial charge in [0.25, 0.3) is 0 Å². The Morgan fingerprint density at radius 1 is 1.20 bits per heavy atom. The summed E-state index contributed by atoms with van der Waals surface area (Å²) in [5.41, 5.74) is 0.0567. The molecule has 25 heavy (non-hydrogen) atoms. The number of hydrogen-bond acceptors (Lipinski definition) is 5. The van der Waals surface area contributed by atoms with Crippen LogP contribution in [-0.2, 0) is 18.8 Å². The van der Waals surface area contributed by atoms with Gasteiger partial charge in [-0.1, -0.05) is 17.7 Å². The average molecular weight is 369 g/mol. The molecule has 1 fully saturated rings. The van der Waals surface area contributed by atoms with Gasteiger partial charge in [-0.3, -0.25) is 4.79 Å². The lowest BCUT2D eigenvalue weighted by molar-refractivity contribution is -0.143. The van der Waals surface area contributed by atoms with E-state index in [2.05, 4.69) is 0 Å². The van der Waals surface area contributed by atoms with Gasteiger partial charge < -0.3 is 18.8 Å². The van der Waals surface area contributed by atoms with Gasteiger partial charge in [-0.05, 0) is 58.6 Å². The van der Waals surface area contributed by atoms with Crippen LogP contribution >= 0.6 is 11.6 Å². The van der Waals surface area contributed by atoms with E-state index in [-0.39, 0.29) is 5.97 Å². The minimum atomic E-state index is -0.458. The van der Waals surface area contributed by atoms with Crippen molar-refractivity contribution in [3.05, 3.63) is 23.2 Å². The molecule has 1 aromatic carbocycles. The zero-order chi connectivity index (χ0) is 18.7. The van der Waals surface area contributed by atoms with Crippen LogP contribution in [0.2, 0.25) is 5.02 Å². The summed E-state index contributed by atoms with van der Waals surface area (Å²) < 4.78 is 22.6. The summed E-state index contributed by atoms with van der Waals surface area (Å²) in [4.78, 5) is 11.3. The lowest BCUT2D eigenvalue weighted by Crippen LogP contribution is -2.41. The summed E-state index contributed by atoms with van der Waals surface area (Å²) in [5.74, 6) is 0.360. The molecule has 0 radical (unpaired) electrons. The quantitative estimate of drug-likeness (QED) is 0.419. The first-order valence-electron chi connectivity index (χ1n) is 8.60. The van der Waals surface area contributed by atoms with Crippen molar-refractivity contribution in [3.8, 4) is 5.75 Å². The molecule has 0 atom stereocenters. The van der Waals surface area contributed by atoms with Crippen molar-refractivity contribution in [2.45, 2.75) is 58.7 Å². The Hall–Kier alpha value is -1.24. The van der Waals surface area contributed by atoms with Gasteiger partial charge in [0.2, 0.25) is 0 Å². The fourth-order valence-corrected chi connectivity index (χ4v) is 2.64. The molecule has 7 heteroatoms. The van der Waals surface area contributed by atoms with Crippen LogP contribution in [0.3, 0.4) is 0 Å². The van der Waals surface area contributed by atoms with E-state index in [1.54, 1.807) is 19.1 Å². The fraction of sp³-hybridized carbons (Fsp3) is 0.611. The Labute approximate surface area is 155 Å². The smallest absolute Gasteiger partial charge is 0.492 e. The molecule has 0 aliphatic carbocycles. The van der Waals surface area contributed by atoms with Crippen molar-refractivity contribution in [1.82, 2.24) is 0 Å². The Morgan fingerprint density at radius 2 is 1.84 bits per heavy atom. The first-order valence-corrected chi connectivity index (χ1v) is 8.97. The SMILES string of the molecule is CCOC(=O)CCCOc1ccc(B2OC(C)(C)C(C)(C)O2)cc1Cl. The number of rotatable bonds is 7. The van der Waals surface area contributed by atoms with Gasteiger partial charge in [0.05, 0.1) is 29.4 Å². The van der Waals surface area contributed by atoms with Crippen molar-refractivity contribution in [2.75, 3.05) is 13.2 Å². The predicted octanol–water partition coefficient (Wildman–Crippen LogP) is 3.36. The molecule has 1 saturated heterocycles. The molecule has 5 nitrogen and oxygen atoms in total. The molecular weight excluding hydrogens is 342 g/mol. The van der Waals surface area contributed by atoms with Crippen molar-refractivity contribution in [3.63, 3.8) is 0 Å². The van der Waals surface area contributed by atoms with Crippen LogP contribution in [0.25, 0.3) is 0 Å². The molecule has 0 amide bonds. The second-order valence-electron chi connectivity index (χ2n) is 7.04. The Morgan fingerprint density at radius 3 is 2.40 bits per heavy atom. The molecule has 138 valence electrons. The maximum absolute atomic E-state index is 11.3. The fourth-order valence-electron chi connectivity index (χ4n) is 2.39. The maximum atomic E-state index is 11.3. The molecule has 0 spiro atoms. The van der Waals surface area contributed by atoms with Crippen LogP contribution in [-0.4, -0.2) is 37.5 Å². The third kappa shape index (κ3) is 4.90. The summed E-state index contributed by atoms with van der Waals surface area (Å²) >= 11 is 6.31. The largest absolute Gasteiger partial charge is 0.494 e. The Kier molecular flexibility index (Phi) is 6.41. The summed E-state index contributed by atoms with van der Waals surface area (Å²) in [6.07, 6.45) is 0.908. The van der Waals surface area contributed by atoms with Gasteiger partial charge in [-0.2, -0.15) is 0 Å². The molecule has 1 aromatic rings. The Bertz CT molecular complexity index is 601. The summed E-state index contributed by atoms with van der Waals surface area (Å²) in [7, 11) is -0.458. The number of esters is 1. The van der Waals surface area contributed by atoms with E-state index in [1.165, 1.54) is 0 Å². The standard InChI is InChI=1S/C18H26BClO5/c1-6-22-16(21)8-7-11-23-15-10-9-13(12-14(15)20)19-24-17(2,3)18(4,5)25-19/h9-10,12H,6-8,11H2,1-5H3. The lowest BCUT2D eigenvalue weighted by atomic mass is 9.79. The predicted molar refractivity (Wildman–Crippen MR) is 98.5 cm³/mol. The van der Waals surface area contributed by atoms with Crippen molar-refractivity contribution in [1.29, 1.82) is 0 Å². The minimum absolute atomic E-state index is 0.215. The molecule has 2 rings (SSSR count). The van der Waals surface area contributed by atoms with E-state index < -0.39 is 18.3 Å². The highest BCUT2D eigenvalue weighted by molar-refractivity contribution is 6.62. The number of ether oxygens (including phenoxy) is 2. The van der Waals surface area contributed by atoms with Crippen LogP contribution < -0.4 is 10.2 Å². The van der Waals surface area contributed by atoms with E-state index in [4.69, 9.17) is 30.4 Å². The molecule has 0 aromatic heterocycles. The second kappa shape index (κ2) is 7.98. The van der Waals surface area contributed by atoms with Crippen LogP contribution in [0.5, 0.6) is 5.75 Å². The van der Waals surface area contributed by atoms with Crippen LogP contribution in [0.4, 0.5) is 0 Å². The van der Waals surface area contributed by atoms with Crippen molar-refractivity contribution >= 4 is 30.2 Å². The van der Waals surface area contributed by atoms with Crippen LogP contribution in [0, 0.1) is 0 Å². The molecule has 1 heterocycles. The number of carbonyl (C=O) groups is 1. The van der Waals surface area contributed by atoms with Gasteiger partial charge in [-0.15, -0.1) is 0 Å². The summed E-state index contributed by atoms with van der Waals surface area (Å²) in [6.45, 7) is 10.6. The maximum Gasteiger partial charge on any atom is 0.494 e. The van der Waals surface area contributed by atoms with Crippen molar-refractivity contribution in [2.24, 2.45) is 0 Å². The lowest BCUT2D eigenvalue weighted by Gasteiger charge is -2.32. The number of benzene rings is 1. The average Bonchev–Trinajstić information content (AvgIpc) is 2.73. The second-order valence-corrected chi connectivity index (χ2v) is 7.44. The van der Waals surface area contributed by atoms with E-state index in [0.29, 0.717) is 36.8 Å². The van der Waals surface area contributed by atoms with E-state index in [0.717, 1.165) is 5.46 Å². The van der Waals surface area contributed by atoms with E-state index >= 15 is 0 Å². The van der Waals surface area contributed by atoms with Gasteiger partial charge in [0.15, 0.2) is 0 Å². The summed E-state index contributed by atoms with van der Waals surface area (Å²) in [6, 6.07) is 5.48. The van der Waals surface area contributed by atoms with Gasteiger partial charge >= 0.3 is 13.1 Å². The number of hydrogen-bond donors (Lipinski definition) is 0. The molecular formula is C18H26BClO5. The number of carbonyl (C=O) groups excluding carboxylic acids is 1. The molecule has 1 aliphatic heterocycles. The van der Waals surface area contributed by atoms with Gasteiger partial charge in [-0.25, -0.2) is 0 Å². The topological polar surface area (TPSA) is 54.0 Å². The van der Waals surface area contributed by atoms with Crippen LogP contribution in [0.1, 0.15) is 47.5 Å². The highest BCUT2D eigenvalue weighted by Crippen LogP contribution is 2.37. The van der Waals surface area contributed by atoms with E-state index in [1.807, 2.05) is 33.8 Å². The Balaban J connectivity index is 1.92. The normalized spacial score (nSPS) is 18.2. The highest BCUT2D eigenvalue weighted by atomic mass is 35.5. The number of halogens is 1. The monoisotopic (exact) mass is 368 g/mol. The van der Waals surface area contributed by atoms with Gasteiger partial charge in [0, 0.05) is 6.42 Å². The van der Waals surface area contributed by atoms with Crippen LogP contribution in [0.15, 0.2) is 18.2 Å². The summed E-state index contributed by atoms with van der Waals surface area (Å²) in [5, 5.41) is 0.489. The highest BCUT2D eigenvalue weighted by Gasteiger charge is 2.51. The first kappa shape index (κ1) is 20.1. The first-order chi connectivity index (χ1) is 11.7. The molecule has 0 unspecified atom stereocenters. The van der Waals surface area contributed by atoms with E-state index in [9.17, 15) is 4.79 Å². The third-order valence-corrected chi connectivity index (χ3v) is 4.86.